The number of nitrogens with zero attached hydrogens (tertiary/aromatic N) is 5. The fourth-order valence-electron chi connectivity index (χ4n) is 2.80. The molecule has 112 valence electrons. The SMILES string of the molecule is CN1CCc2c(c(-c3ccc([N+](=O)[O-])cc3)nn2CC#N)C1. The van der Waals surface area contributed by atoms with E-state index in [1.54, 1.807) is 16.8 Å². The summed E-state index contributed by atoms with van der Waals surface area (Å²) in [6.07, 6.45) is 0.855. The number of nitro groups is 1. The lowest BCUT2D eigenvalue weighted by molar-refractivity contribution is -0.384. The number of rotatable bonds is 3. The molecular formula is C15H15N5O2. The van der Waals surface area contributed by atoms with Crippen molar-refractivity contribution < 1.29 is 4.92 Å². The van der Waals surface area contributed by atoms with Gasteiger partial charge >= 0.3 is 0 Å². The fraction of sp³-hybridized carbons (Fsp3) is 0.333. The molecule has 7 heteroatoms. The first-order valence-corrected chi connectivity index (χ1v) is 6.99. The lowest BCUT2D eigenvalue weighted by Gasteiger charge is -2.23. The second-order valence-electron chi connectivity index (χ2n) is 5.38. The number of aromatic nitrogens is 2. The first-order valence-electron chi connectivity index (χ1n) is 6.99. The minimum absolute atomic E-state index is 0.0613. The van der Waals surface area contributed by atoms with Gasteiger partial charge in [0, 0.05) is 48.5 Å². The van der Waals surface area contributed by atoms with E-state index in [1.165, 1.54) is 12.1 Å². The molecule has 1 aromatic carbocycles. The fourth-order valence-corrected chi connectivity index (χ4v) is 2.80. The Morgan fingerprint density at radius 2 is 2.14 bits per heavy atom. The molecule has 3 rings (SSSR count). The highest BCUT2D eigenvalue weighted by Crippen LogP contribution is 2.30. The molecule has 0 saturated carbocycles. The predicted octanol–water partition coefficient (Wildman–Crippen LogP) is 1.97. The van der Waals surface area contributed by atoms with Gasteiger partial charge in [0.15, 0.2) is 0 Å². The van der Waals surface area contributed by atoms with Gasteiger partial charge in [-0.2, -0.15) is 10.4 Å². The summed E-state index contributed by atoms with van der Waals surface area (Å²) in [5.41, 5.74) is 3.91. The summed E-state index contributed by atoms with van der Waals surface area (Å²) in [4.78, 5) is 12.5. The molecule has 7 nitrogen and oxygen atoms in total. The predicted molar refractivity (Wildman–Crippen MR) is 80.0 cm³/mol. The Kier molecular flexibility index (Phi) is 3.61. The van der Waals surface area contributed by atoms with Crippen molar-refractivity contribution in [1.29, 1.82) is 5.26 Å². The lowest BCUT2D eigenvalue weighted by Crippen LogP contribution is -2.27. The average Bonchev–Trinajstić information content (AvgIpc) is 2.86. The Labute approximate surface area is 127 Å². The van der Waals surface area contributed by atoms with E-state index in [2.05, 4.69) is 16.1 Å². The summed E-state index contributed by atoms with van der Waals surface area (Å²) in [6.45, 7) is 1.93. The second kappa shape index (κ2) is 5.58. The smallest absolute Gasteiger partial charge is 0.269 e. The Hall–Kier alpha value is -2.72. The molecular weight excluding hydrogens is 282 g/mol. The summed E-state index contributed by atoms with van der Waals surface area (Å²) >= 11 is 0. The number of benzene rings is 1. The van der Waals surface area contributed by atoms with Crippen molar-refractivity contribution in [1.82, 2.24) is 14.7 Å². The van der Waals surface area contributed by atoms with Crippen LogP contribution in [0.5, 0.6) is 0 Å². The van der Waals surface area contributed by atoms with Crippen molar-refractivity contribution in [2.75, 3.05) is 13.6 Å². The number of likely N-dealkylation sites (N-methyl/N-ethyl adjacent to an activating group) is 1. The van der Waals surface area contributed by atoms with Gasteiger partial charge in [0.1, 0.15) is 6.54 Å². The van der Waals surface area contributed by atoms with E-state index in [1.807, 2.05) is 7.05 Å². The molecule has 0 amide bonds. The van der Waals surface area contributed by atoms with Crippen LogP contribution in [0, 0.1) is 21.4 Å². The van der Waals surface area contributed by atoms with E-state index >= 15 is 0 Å². The topological polar surface area (TPSA) is 88.0 Å². The summed E-state index contributed by atoms with van der Waals surface area (Å²) in [5, 5.41) is 24.3. The van der Waals surface area contributed by atoms with Crippen molar-refractivity contribution in [2.24, 2.45) is 0 Å². The van der Waals surface area contributed by atoms with Gasteiger partial charge in [0.05, 0.1) is 16.7 Å². The number of non-ortho nitro benzene ring substituents is 1. The van der Waals surface area contributed by atoms with Crippen molar-refractivity contribution in [3.8, 4) is 17.3 Å². The van der Waals surface area contributed by atoms with Crippen LogP contribution in [0.3, 0.4) is 0 Å². The van der Waals surface area contributed by atoms with Crippen LogP contribution in [0.1, 0.15) is 11.3 Å². The van der Waals surface area contributed by atoms with Crippen molar-refractivity contribution >= 4 is 5.69 Å². The van der Waals surface area contributed by atoms with Crippen LogP contribution in [0.4, 0.5) is 5.69 Å². The maximum absolute atomic E-state index is 10.8. The molecule has 2 aromatic rings. The maximum Gasteiger partial charge on any atom is 0.269 e. The summed E-state index contributed by atoms with van der Waals surface area (Å²) < 4.78 is 1.75. The number of hydrogen-bond acceptors (Lipinski definition) is 5. The third kappa shape index (κ3) is 2.44. The van der Waals surface area contributed by atoms with Crippen LogP contribution in [-0.2, 0) is 19.5 Å². The zero-order valence-electron chi connectivity index (χ0n) is 12.2. The van der Waals surface area contributed by atoms with E-state index in [9.17, 15) is 10.1 Å². The van der Waals surface area contributed by atoms with Crippen molar-refractivity contribution in [2.45, 2.75) is 19.5 Å². The molecule has 1 aromatic heterocycles. The van der Waals surface area contributed by atoms with Crippen LogP contribution >= 0.6 is 0 Å². The Balaban J connectivity index is 2.06. The highest BCUT2D eigenvalue weighted by molar-refractivity contribution is 5.65. The molecule has 0 radical (unpaired) electrons. The zero-order chi connectivity index (χ0) is 15.7. The standard InChI is InChI=1S/C15H15N5O2/c1-18-8-6-14-13(10-18)15(17-19(14)9-7-16)11-2-4-12(5-3-11)20(21)22/h2-5H,6,8-10H2,1H3. The van der Waals surface area contributed by atoms with Gasteiger partial charge in [-0.05, 0) is 19.2 Å². The first kappa shape index (κ1) is 14.2. The monoisotopic (exact) mass is 297 g/mol. The molecule has 0 saturated heterocycles. The number of hydrogen-bond donors (Lipinski definition) is 0. The lowest BCUT2D eigenvalue weighted by atomic mass is 10.0. The Morgan fingerprint density at radius 3 is 2.77 bits per heavy atom. The van der Waals surface area contributed by atoms with Gasteiger partial charge in [0.25, 0.3) is 5.69 Å². The van der Waals surface area contributed by atoms with Gasteiger partial charge < -0.3 is 4.90 Å². The summed E-state index contributed by atoms with van der Waals surface area (Å²) in [7, 11) is 2.05. The van der Waals surface area contributed by atoms with Gasteiger partial charge in [-0.15, -0.1) is 0 Å². The van der Waals surface area contributed by atoms with E-state index in [4.69, 9.17) is 5.26 Å². The van der Waals surface area contributed by atoms with Crippen LogP contribution in [0.25, 0.3) is 11.3 Å². The molecule has 1 aliphatic rings. The quantitative estimate of drug-likeness (QED) is 0.638. The van der Waals surface area contributed by atoms with Crippen molar-refractivity contribution in [3.05, 3.63) is 45.6 Å². The van der Waals surface area contributed by atoms with E-state index < -0.39 is 4.92 Å². The van der Waals surface area contributed by atoms with E-state index in [0.29, 0.717) is 0 Å². The second-order valence-corrected chi connectivity index (χ2v) is 5.38. The molecule has 0 N–H and O–H groups in total. The molecule has 0 aliphatic carbocycles. The van der Waals surface area contributed by atoms with Gasteiger partial charge in [-0.25, -0.2) is 0 Å². The molecule has 2 heterocycles. The van der Waals surface area contributed by atoms with Crippen molar-refractivity contribution in [3.63, 3.8) is 0 Å². The molecule has 0 unspecified atom stereocenters. The van der Waals surface area contributed by atoms with Crippen LogP contribution < -0.4 is 0 Å². The summed E-state index contributed by atoms with van der Waals surface area (Å²) in [6, 6.07) is 8.53. The number of fused-ring (bicyclic) bond motifs is 1. The maximum atomic E-state index is 10.8. The van der Waals surface area contributed by atoms with E-state index in [0.717, 1.165) is 42.0 Å². The molecule has 0 spiro atoms. The number of nitriles is 1. The normalized spacial score (nSPS) is 14.4. The van der Waals surface area contributed by atoms with Crippen LogP contribution in [0.15, 0.2) is 24.3 Å². The van der Waals surface area contributed by atoms with Crippen LogP contribution in [-0.4, -0.2) is 33.2 Å². The molecule has 22 heavy (non-hydrogen) atoms. The minimum atomic E-state index is -0.415. The first-order chi connectivity index (χ1) is 10.6. The average molecular weight is 297 g/mol. The number of nitro benzene ring substituents is 1. The third-order valence-electron chi connectivity index (χ3n) is 3.90. The zero-order valence-corrected chi connectivity index (χ0v) is 12.2. The molecule has 0 atom stereocenters. The van der Waals surface area contributed by atoms with E-state index in [-0.39, 0.29) is 12.2 Å². The van der Waals surface area contributed by atoms with Gasteiger partial charge in [-0.1, -0.05) is 0 Å². The van der Waals surface area contributed by atoms with Gasteiger partial charge in [0.2, 0.25) is 0 Å². The molecule has 0 fully saturated rings. The Bertz CT molecular complexity index is 757. The molecule has 1 aliphatic heterocycles. The largest absolute Gasteiger partial charge is 0.302 e. The summed E-state index contributed by atoms with van der Waals surface area (Å²) in [5.74, 6) is 0. The highest BCUT2D eigenvalue weighted by atomic mass is 16.6. The highest BCUT2D eigenvalue weighted by Gasteiger charge is 2.24. The Morgan fingerprint density at radius 1 is 1.41 bits per heavy atom. The van der Waals surface area contributed by atoms with Crippen LogP contribution in [0.2, 0.25) is 0 Å². The minimum Gasteiger partial charge on any atom is -0.302 e. The van der Waals surface area contributed by atoms with Gasteiger partial charge in [-0.3, -0.25) is 14.8 Å². The third-order valence-corrected chi connectivity index (χ3v) is 3.90. The molecule has 0 bridgehead atoms.